The third-order valence-electron chi connectivity index (χ3n) is 5.59. The van der Waals surface area contributed by atoms with Crippen molar-refractivity contribution in [1.82, 2.24) is 9.88 Å². The first-order valence-electron chi connectivity index (χ1n) is 9.83. The second-order valence-electron chi connectivity index (χ2n) is 7.91. The minimum absolute atomic E-state index is 0.153. The quantitative estimate of drug-likeness (QED) is 0.567. The molecule has 1 atom stereocenters. The Morgan fingerprint density at radius 3 is 2.79 bits per heavy atom. The minimum atomic E-state index is -0.238. The highest BCUT2D eigenvalue weighted by molar-refractivity contribution is 7.09. The highest BCUT2D eigenvalue weighted by Crippen LogP contribution is 2.35. The minimum Gasteiger partial charge on any atom is -0.396 e. The molecule has 0 bridgehead atoms. The zero-order chi connectivity index (χ0) is 20.3. The van der Waals surface area contributed by atoms with Gasteiger partial charge in [-0.15, -0.1) is 11.3 Å². The Hall–Kier alpha value is -1.79. The van der Waals surface area contributed by atoms with Gasteiger partial charge >= 0.3 is 0 Å². The molecule has 3 nitrogen and oxygen atoms in total. The van der Waals surface area contributed by atoms with Crippen molar-refractivity contribution in [2.45, 2.75) is 25.8 Å². The fraction of sp³-hybridized carbons (Fsp3) is 0.348. The Morgan fingerprint density at radius 2 is 2.03 bits per heavy atom. The van der Waals surface area contributed by atoms with Gasteiger partial charge in [0, 0.05) is 27.9 Å². The molecule has 0 aliphatic carbocycles. The molecule has 3 aromatic rings. The van der Waals surface area contributed by atoms with Crippen molar-refractivity contribution in [3.05, 3.63) is 75.3 Å². The Balaban J connectivity index is 1.45. The summed E-state index contributed by atoms with van der Waals surface area (Å²) in [5, 5.41) is 14.0. The summed E-state index contributed by atoms with van der Waals surface area (Å²) >= 11 is 7.78. The predicted octanol–water partition coefficient (Wildman–Crippen LogP) is 5.42. The third-order valence-corrected chi connectivity index (χ3v) is 6.66. The van der Waals surface area contributed by atoms with Gasteiger partial charge in [-0.25, -0.2) is 9.37 Å². The maximum Gasteiger partial charge on any atom is 0.123 e. The van der Waals surface area contributed by atoms with Gasteiger partial charge in [-0.3, -0.25) is 4.90 Å². The summed E-state index contributed by atoms with van der Waals surface area (Å²) in [6, 6.07) is 14.4. The van der Waals surface area contributed by atoms with Gasteiger partial charge < -0.3 is 5.11 Å². The van der Waals surface area contributed by atoms with Crippen molar-refractivity contribution < 1.29 is 9.50 Å². The molecule has 1 fully saturated rings. The van der Waals surface area contributed by atoms with Crippen molar-refractivity contribution in [2.24, 2.45) is 5.41 Å². The van der Waals surface area contributed by atoms with E-state index in [9.17, 15) is 9.50 Å². The van der Waals surface area contributed by atoms with E-state index in [1.54, 1.807) is 23.5 Å². The molecule has 0 saturated carbocycles. The van der Waals surface area contributed by atoms with Gasteiger partial charge in [0.15, 0.2) is 0 Å². The molecular formula is C23H24ClFN2OS. The average Bonchev–Trinajstić information content (AvgIpc) is 3.17. The van der Waals surface area contributed by atoms with Gasteiger partial charge in [0.1, 0.15) is 10.8 Å². The molecule has 29 heavy (non-hydrogen) atoms. The summed E-state index contributed by atoms with van der Waals surface area (Å²) in [5.74, 6) is -0.238. The molecule has 2 aromatic carbocycles. The van der Waals surface area contributed by atoms with E-state index in [1.807, 2.05) is 23.6 Å². The van der Waals surface area contributed by atoms with E-state index in [0.717, 1.165) is 60.2 Å². The molecule has 1 aliphatic rings. The first-order valence-corrected chi connectivity index (χ1v) is 11.1. The van der Waals surface area contributed by atoms with Gasteiger partial charge in [-0.2, -0.15) is 0 Å². The van der Waals surface area contributed by atoms with Crippen LogP contribution in [0.4, 0.5) is 4.39 Å². The SMILES string of the molecule is OCC1(Cc2cccc(Cl)c2)CCCN(Cc2nc(-c3ccc(F)cc3)cs2)C1. The summed E-state index contributed by atoms with van der Waals surface area (Å²) in [5.41, 5.74) is 2.83. The van der Waals surface area contributed by atoms with Crippen LogP contribution in [0.3, 0.4) is 0 Å². The van der Waals surface area contributed by atoms with Crippen LogP contribution in [0.25, 0.3) is 11.3 Å². The molecule has 1 aliphatic heterocycles. The van der Waals surface area contributed by atoms with Crippen LogP contribution in [0.15, 0.2) is 53.9 Å². The van der Waals surface area contributed by atoms with Gasteiger partial charge in [0.05, 0.1) is 18.8 Å². The molecule has 0 amide bonds. The fourth-order valence-electron chi connectivity index (χ4n) is 4.18. The lowest BCUT2D eigenvalue weighted by molar-refractivity contribution is 0.0288. The zero-order valence-corrected chi connectivity index (χ0v) is 17.7. The number of benzene rings is 2. The monoisotopic (exact) mass is 430 g/mol. The van der Waals surface area contributed by atoms with Crippen molar-refractivity contribution in [3.63, 3.8) is 0 Å². The average molecular weight is 431 g/mol. The number of aromatic nitrogens is 1. The van der Waals surface area contributed by atoms with E-state index in [2.05, 4.69) is 11.0 Å². The summed E-state index contributed by atoms with van der Waals surface area (Å²) < 4.78 is 13.1. The van der Waals surface area contributed by atoms with Crippen LogP contribution in [-0.4, -0.2) is 34.7 Å². The normalized spacial score (nSPS) is 20.1. The topological polar surface area (TPSA) is 36.4 Å². The number of thiazole rings is 1. The van der Waals surface area contributed by atoms with E-state index in [-0.39, 0.29) is 17.8 Å². The third kappa shape index (κ3) is 5.04. The number of halogens is 2. The molecule has 0 spiro atoms. The first kappa shape index (κ1) is 20.5. The summed E-state index contributed by atoms with van der Waals surface area (Å²) in [6.07, 6.45) is 2.88. The van der Waals surface area contributed by atoms with Crippen molar-refractivity contribution in [1.29, 1.82) is 0 Å². The van der Waals surface area contributed by atoms with Crippen LogP contribution in [-0.2, 0) is 13.0 Å². The lowest BCUT2D eigenvalue weighted by Gasteiger charge is -2.41. The highest BCUT2D eigenvalue weighted by atomic mass is 35.5. The van der Waals surface area contributed by atoms with Gasteiger partial charge in [0.2, 0.25) is 0 Å². The number of hydrogen-bond acceptors (Lipinski definition) is 4. The first-order chi connectivity index (χ1) is 14.0. The number of rotatable bonds is 6. The van der Waals surface area contributed by atoms with Crippen molar-refractivity contribution in [2.75, 3.05) is 19.7 Å². The number of aliphatic hydroxyl groups excluding tert-OH is 1. The van der Waals surface area contributed by atoms with Crippen LogP contribution in [0.2, 0.25) is 5.02 Å². The number of hydrogen-bond donors (Lipinski definition) is 1. The lowest BCUT2D eigenvalue weighted by Crippen LogP contribution is -2.46. The van der Waals surface area contributed by atoms with Gasteiger partial charge in [-0.1, -0.05) is 23.7 Å². The Kier molecular flexibility index (Phi) is 6.30. The van der Waals surface area contributed by atoms with Crippen molar-refractivity contribution in [3.8, 4) is 11.3 Å². The highest BCUT2D eigenvalue weighted by Gasteiger charge is 2.35. The van der Waals surface area contributed by atoms with Crippen LogP contribution in [0.1, 0.15) is 23.4 Å². The lowest BCUT2D eigenvalue weighted by atomic mass is 9.76. The predicted molar refractivity (Wildman–Crippen MR) is 117 cm³/mol. The van der Waals surface area contributed by atoms with Crippen LogP contribution >= 0.6 is 22.9 Å². The molecule has 2 heterocycles. The molecule has 152 valence electrons. The van der Waals surface area contributed by atoms with Crippen LogP contribution in [0.5, 0.6) is 0 Å². The Morgan fingerprint density at radius 1 is 1.21 bits per heavy atom. The van der Waals surface area contributed by atoms with E-state index >= 15 is 0 Å². The summed E-state index contributed by atoms with van der Waals surface area (Å²) in [7, 11) is 0. The second kappa shape index (κ2) is 8.92. The zero-order valence-electron chi connectivity index (χ0n) is 16.2. The molecule has 1 aromatic heterocycles. The number of aliphatic hydroxyl groups is 1. The summed E-state index contributed by atoms with van der Waals surface area (Å²) in [4.78, 5) is 7.13. The molecule has 6 heteroatoms. The molecule has 4 rings (SSSR count). The van der Waals surface area contributed by atoms with Crippen molar-refractivity contribution >= 4 is 22.9 Å². The molecule has 1 unspecified atom stereocenters. The Bertz CT molecular complexity index is 962. The van der Waals surface area contributed by atoms with E-state index in [4.69, 9.17) is 16.6 Å². The standard InChI is InChI=1S/C23H24ClFN2OS/c24-19-4-1-3-17(11-19)12-23(16-28)9-2-10-27(15-23)13-22-26-21(14-29-22)18-5-7-20(25)8-6-18/h1,3-8,11,14,28H,2,9-10,12-13,15-16H2. The smallest absolute Gasteiger partial charge is 0.123 e. The van der Waals surface area contributed by atoms with Gasteiger partial charge in [-0.05, 0) is 67.8 Å². The molecular weight excluding hydrogens is 407 g/mol. The molecule has 1 saturated heterocycles. The van der Waals surface area contributed by atoms with E-state index in [1.165, 1.54) is 17.7 Å². The van der Waals surface area contributed by atoms with E-state index < -0.39 is 0 Å². The maximum absolute atomic E-state index is 13.1. The van der Waals surface area contributed by atoms with E-state index in [0.29, 0.717) is 0 Å². The molecule has 0 radical (unpaired) electrons. The van der Waals surface area contributed by atoms with Gasteiger partial charge in [0.25, 0.3) is 0 Å². The van der Waals surface area contributed by atoms with Crippen LogP contribution in [0, 0.1) is 11.2 Å². The maximum atomic E-state index is 13.1. The van der Waals surface area contributed by atoms with Crippen LogP contribution < -0.4 is 0 Å². The summed E-state index contributed by atoms with van der Waals surface area (Å²) in [6.45, 7) is 2.77. The molecule has 1 N–H and O–H groups in total. The number of nitrogens with zero attached hydrogens (tertiary/aromatic N) is 2. The Labute approximate surface area is 179 Å². The fourth-order valence-corrected chi connectivity index (χ4v) is 5.24. The number of likely N-dealkylation sites (tertiary alicyclic amines) is 1. The largest absolute Gasteiger partial charge is 0.396 e. The second-order valence-corrected chi connectivity index (χ2v) is 9.29. The number of piperidine rings is 1.